The third-order valence-electron chi connectivity index (χ3n) is 9.45. The first-order valence-corrected chi connectivity index (χ1v) is 15.7. The van der Waals surface area contributed by atoms with Crippen molar-refractivity contribution in [2.75, 3.05) is 0 Å². The Balaban J connectivity index is 1.34. The van der Waals surface area contributed by atoms with Crippen molar-refractivity contribution in [3.63, 3.8) is 0 Å². The normalized spacial score (nSPS) is 11.8. The van der Waals surface area contributed by atoms with Gasteiger partial charge in [-0.1, -0.05) is 103 Å². The Bertz CT molecular complexity index is 2920. The lowest BCUT2D eigenvalue weighted by atomic mass is 9.93. The van der Waals surface area contributed by atoms with Crippen molar-refractivity contribution in [3.05, 3.63) is 151 Å². The highest BCUT2D eigenvalue weighted by Gasteiger charge is 2.23. The minimum absolute atomic E-state index is 0.638. The molecule has 0 fully saturated rings. The van der Waals surface area contributed by atoms with E-state index in [4.69, 9.17) is 8.83 Å². The van der Waals surface area contributed by atoms with Crippen molar-refractivity contribution >= 4 is 65.7 Å². The Hall–Kier alpha value is -6.57. The van der Waals surface area contributed by atoms with Gasteiger partial charge in [-0.15, -0.1) is 0 Å². The Morgan fingerprint density at radius 2 is 1.19 bits per heavy atom. The molecule has 0 aliphatic rings. The van der Waals surface area contributed by atoms with E-state index in [1.54, 1.807) is 0 Å². The third kappa shape index (κ3) is 3.63. The second-order valence-electron chi connectivity index (χ2n) is 12.0. The number of para-hydroxylation sites is 4. The maximum atomic E-state index is 9.68. The van der Waals surface area contributed by atoms with Crippen LogP contribution in [-0.4, -0.2) is 4.57 Å². The molecule has 0 bridgehead atoms. The molecule has 10 rings (SSSR count). The van der Waals surface area contributed by atoms with Gasteiger partial charge in [0, 0.05) is 43.4 Å². The molecule has 3 heterocycles. The Morgan fingerprint density at radius 3 is 2.09 bits per heavy atom. The molecule has 0 N–H and O–H groups in total. The fourth-order valence-electron chi connectivity index (χ4n) is 7.39. The van der Waals surface area contributed by atoms with Gasteiger partial charge in [-0.25, -0.2) is 0 Å². The predicted molar refractivity (Wildman–Crippen MR) is 191 cm³/mol. The maximum Gasteiger partial charge on any atom is 0.159 e. The Labute approximate surface area is 268 Å². The van der Waals surface area contributed by atoms with E-state index in [0.717, 1.165) is 93.6 Å². The van der Waals surface area contributed by atoms with Crippen molar-refractivity contribution in [1.29, 1.82) is 5.26 Å². The highest BCUT2D eigenvalue weighted by atomic mass is 16.3. The molecule has 0 saturated heterocycles. The van der Waals surface area contributed by atoms with Crippen molar-refractivity contribution in [3.8, 4) is 34.0 Å². The predicted octanol–water partition coefficient (Wildman–Crippen LogP) is 11.8. The number of rotatable bonds is 3. The first kappa shape index (κ1) is 25.7. The van der Waals surface area contributed by atoms with E-state index in [0.29, 0.717) is 5.56 Å². The van der Waals surface area contributed by atoms with Gasteiger partial charge in [0.2, 0.25) is 0 Å². The second-order valence-corrected chi connectivity index (χ2v) is 12.0. The van der Waals surface area contributed by atoms with Crippen LogP contribution in [0.5, 0.6) is 0 Å². The zero-order chi connectivity index (χ0) is 31.1. The molecular formula is C43H24N2O2. The molecule has 3 aromatic heterocycles. The van der Waals surface area contributed by atoms with Gasteiger partial charge in [-0.2, -0.15) is 5.26 Å². The van der Waals surface area contributed by atoms with Crippen molar-refractivity contribution < 1.29 is 8.83 Å². The molecular weight excluding hydrogens is 576 g/mol. The third-order valence-corrected chi connectivity index (χ3v) is 9.45. The fourth-order valence-corrected chi connectivity index (χ4v) is 7.39. The van der Waals surface area contributed by atoms with Crippen LogP contribution in [0.1, 0.15) is 5.56 Å². The molecule has 4 nitrogen and oxygen atoms in total. The van der Waals surface area contributed by atoms with Gasteiger partial charge in [-0.3, -0.25) is 0 Å². The van der Waals surface area contributed by atoms with Crippen molar-refractivity contribution in [2.24, 2.45) is 0 Å². The molecule has 0 atom stereocenters. The molecule has 0 radical (unpaired) electrons. The minimum Gasteiger partial charge on any atom is -0.455 e. The number of furan rings is 2. The van der Waals surface area contributed by atoms with Crippen LogP contribution < -0.4 is 0 Å². The number of fused-ring (bicyclic) bond motifs is 9. The van der Waals surface area contributed by atoms with Crippen molar-refractivity contribution in [2.45, 2.75) is 0 Å². The summed E-state index contributed by atoms with van der Waals surface area (Å²) in [5.74, 6) is 0. The largest absolute Gasteiger partial charge is 0.455 e. The van der Waals surface area contributed by atoms with E-state index in [9.17, 15) is 5.26 Å². The second kappa shape index (κ2) is 9.71. The molecule has 4 heteroatoms. The van der Waals surface area contributed by atoms with Crippen LogP contribution in [0.15, 0.2) is 154 Å². The Kier molecular flexibility index (Phi) is 5.32. The zero-order valence-corrected chi connectivity index (χ0v) is 25.1. The molecule has 0 unspecified atom stereocenters. The highest BCUT2D eigenvalue weighted by Crippen LogP contribution is 2.46. The van der Waals surface area contributed by atoms with Crippen LogP contribution in [0, 0.1) is 11.3 Å². The Morgan fingerprint density at radius 1 is 0.468 bits per heavy atom. The van der Waals surface area contributed by atoms with Crippen LogP contribution >= 0.6 is 0 Å². The van der Waals surface area contributed by atoms with Gasteiger partial charge >= 0.3 is 0 Å². The first-order chi connectivity index (χ1) is 23.3. The summed E-state index contributed by atoms with van der Waals surface area (Å²) in [6.07, 6.45) is 0. The summed E-state index contributed by atoms with van der Waals surface area (Å²) in [6.45, 7) is 0. The van der Waals surface area contributed by atoms with Gasteiger partial charge in [0.25, 0.3) is 0 Å². The van der Waals surface area contributed by atoms with E-state index < -0.39 is 0 Å². The standard InChI is InChI=1S/C43H24N2O2/c44-25-26-20-23-37-35(24-26)29-12-4-6-17-36(29)45(37)38-18-9-16-34-40-31(22-21-28(43(40)47-42(34)38)27-10-2-1-3-11-27)33-15-8-14-32-30-13-5-7-19-39(30)46-41(32)33/h1-24H. The molecule has 0 aliphatic carbocycles. The van der Waals surface area contributed by atoms with Gasteiger partial charge < -0.3 is 13.4 Å². The maximum absolute atomic E-state index is 9.68. The molecule has 218 valence electrons. The lowest BCUT2D eigenvalue weighted by Crippen LogP contribution is -1.94. The molecule has 0 amide bonds. The van der Waals surface area contributed by atoms with Crippen LogP contribution in [0.4, 0.5) is 0 Å². The topological polar surface area (TPSA) is 55.0 Å². The molecule has 0 spiro atoms. The SMILES string of the molecule is N#Cc1ccc2c(c1)c1ccccc1n2-c1cccc2c1oc1c(-c3ccccc3)ccc(-c3cccc4c3oc3ccccc34)c12. The van der Waals surface area contributed by atoms with E-state index in [-0.39, 0.29) is 0 Å². The number of nitrogens with zero attached hydrogens (tertiary/aromatic N) is 2. The summed E-state index contributed by atoms with van der Waals surface area (Å²) in [7, 11) is 0. The van der Waals surface area contributed by atoms with Gasteiger partial charge in [-0.05, 0) is 53.6 Å². The highest BCUT2D eigenvalue weighted by molar-refractivity contribution is 6.21. The molecule has 0 saturated carbocycles. The number of aromatic nitrogens is 1. The van der Waals surface area contributed by atoms with Gasteiger partial charge in [0.15, 0.2) is 5.58 Å². The lowest BCUT2D eigenvalue weighted by molar-refractivity contribution is 0.667. The average Bonchev–Trinajstić information content (AvgIpc) is 3.81. The van der Waals surface area contributed by atoms with Crippen LogP contribution in [0.2, 0.25) is 0 Å². The van der Waals surface area contributed by atoms with E-state index in [1.807, 2.05) is 42.5 Å². The average molecular weight is 601 g/mol. The zero-order valence-electron chi connectivity index (χ0n) is 25.1. The van der Waals surface area contributed by atoms with E-state index in [1.165, 1.54) is 0 Å². The minimum atomic E-state index is 0.638. The monoisotopic (exact) mass is 600 g/mol. The molecule has 7 aromatic carbocycles. The fraction of sp³-hybridized carbons (Fsp3) is 0. The van der Waals surface area contributed by atoms with Crippen LogP contribution in [0.25, 0.3) is 93.6 Å². The number of nitriles is 1. The number of hydrogen-bond donors (Lipinski definition) is 0. The lowest BCUT2D eigenvalue weighted by Gasteiger charge is -2.09. The van der Waals surface area contributed by atoms with Crippen molar-refractivity contribution in [1.82, 2.24) is 4.57 Å². The molecule has 0 aliphatic heterocycles. The summed E-state index contributed by atoms with van der Waals surface area (Å²) in [5.41, 5.74) is 11.2. The quantitative estimate of drug-likeness (QED) is 0.203. The van der Waals surface area contributed by atoms with Gasteiger partial charge in [0.05, 0.1) is 28.4 Å². The van der Waals surface area contributed by atoms with E-state index in [2.05, 4.69) is 114 Å². The summed E-state index contributed by atoms with van der Waals surface area (Å²) in [6, 6.07) is 52.3. The molecule has 47 heavy (non-hydrogen) atoms. The number of benzene rings is 7. The van der Waals surface area contributed by atoms with Gasteiger partial charge in [0.1, 0.15) is 16.7 Å². The summed E-state index contributed by atoms with van der Waals surface area (Å²) in [5, 5.41) is 16.1. The summed E-state index contributed by atoms with van der Waals surface area (Å²) >= 11 is 0. The smallest absolute Gasteiger partial charge is 0.159 e. The van der Waals surface area contributed by atoms with Crippen LogP contribution in [-0.2, 0) is 0 Å². The number of hydrogen-bond acceptors (Lipinski definition) is 3. The molecule has 10 aromatic rings. The first-order valence-electron chi connectivity index (χ1n) is 15.7. The summed E-state index contributed by atoms with van der Waals surface area (Å²) < 4.78 is 15.9. The van der Waals surface area contributed by atoms with E-state index >= 15 is 0 Å². The summed E-state index contributed by atoms with van der Waals surface area (Å²) in [4.78, 5) is 0. The van der Waals surface area contributed by atoms with Crippen LogP contribution in [0.3, 0.4) is 0 Å².